The number of imide groups is 2. The molecule has 4 aliphatic rings. The van der Waals surface area contributed by atoms with Gasteiger partial charge in [-0.15, -0.1) is 0 Å². The standard InChI is InChI=1S/C48H42ClN5O6/c1-4-60-40-15-9-14-37(43(40)55)42-35-24-25-36-41(46(58)53(44(36)56)33-22-18-31(19-23-33)51-50-30-16-20-32(21-17-30)52(2)3)38(35)27-39-45(57)54(34-13-8-12-29(49)26-34)47(59)48(39,42)28-10-6-5-7-11-28/h5-24,26,36,38-39,41-42,55H,4,25,27H2,1-3H3. The lowest BCUT2D eigenvalue weighted by molar-refractivity contribution is -0.127. The van der Waals surface area contributed by atoms with Crippen molar-refractivity contribution in [3.05, 3.63) is 149 Å². The van der Waals surface area contributed by atoms with Crippen molar-refractivity contribution in [2.75, 3.05) is 35.4 Å². The zero-order chi connectivity index (χ0) is 41.9. The minimum Gasteiger partial charge on any atom is -0.504 e. The van der Waals surface area contributed by atoms with Gasteiger partial charge >= 0.3 is 0 Å². The van der Waals surface area contributed by atoms with Gasteiger partial charge in [0.25, 0.3) is 0 Å². The molecule has 302 valence electrons. The Morgan fingerprint density at radius 3 is 2.12 bits per heavy atom. The zero-order valence-electron chi connectivity index (χ0n) is 33.2. The van der Waals surface area contributed by atoms with Crippen LogP contribution in [0.3, 0.4) is 0 Å². The summed E-state index contributed by atoms with van der Waals surface area (Å²) in [6, 6.07) is 35.5. The van der Waals surface area contributed by atoms with Gasteiger partial charge in [-0.05, 0) is 104 Å². The van der Waals surface area contributed by atoms with E-state index in [2.05, 4.69) is 10.2 Å². The highest BCUT2D eigenvalue weighted by Gasteiger charge is 2.70. The van der Waals surface area contributed by atoms with E-state index in [4.69, 9.17) is 16.3 Å². The number of para-hydroxylation sites is 1. The van der Waals surface area contributed by atoms with Crippen molar-refractivity contribution in [1.82, 2.24) is 0 Å². The Labute approximate surface area is 352 Å². The molecule has 3 fully saturated rings. The average Bonchev–Trinajstić information content (AvgIpc) is 3.65. The van der Waals surface area contributed by atoms with Gasteiger partial charge in [0, 0.05) is 36.3 Å². The summed E-state index contributed by atoms with van der Waals surface area (Å²) in [7, 11) is 3.93. The van der Waals surface area contributed by atoms with Crippen LogP contribution in [0.4, 0.5) is 28.4 Å². The fraction of sp³-hybridized carbons (Fsp3) is 0.250. The molecule has 2 aliphatic heterocycles. The fourth-order valence-corrected chi connectivity index (χ4v) is 10.2. The van der Waals surface area contributed by atoms with Gasteiger partial charge in [-0.2, -0.15) is 10.2 Å². The average molecular weight is 820 g/mol. The van der Waals surface area contributed by atoms with Gasteiger partial charge in [0.15, 0.2) is 11.5 Å². The summed E-state index contributed by atoms with van der Waals surface area (Å²) in [4.78, 5) is 64.2. The van der Waals surface area contributed by atoms with Gasteiger partial charge in [0.2, 0.25) is 23.6 Å². The molecule has 2 heterocycles. The quantitative estimate of drug-likeness (QED) is 0.0891. The number of ether oxygens (including phenoxy) is 1. The molecular weight excluding hydrogens is 778 g/mol. The number of azo groups is 1. The van der Waals surface area contributed by atoms with Crippen molar-refractivity contribution in [3.8, 4) is 11.5 Å². The predicted molar refractivity (Wildman–Crippen MR) is 229 cm³/mol. The fourth-order valence-electron chi connectivity index (χ4n) is 9.99. The van der Waals surface area contributed by atoms with Crippen molar-refractivity contribution >= 4 is 63.7 Å². The highest BCUT2D eigenvalue weighted by atomic mass is 35.5. The molecule has 6 atom stereocenters. The Kier molecular flexibility index (Phi) is 9.87. The van der Waals surface area contributed by atoms with Crippen LogP contribution in [0.1, 0.15) is 36.8 Å². The summed E-state index contributed by atoms with van der Waals surface area (Å²) in [5, 5.41) is 21.1. The van der Waals surface area contributed by atoms with Crippen molar-refractivity contribution < 1.29 is 29.0 Å². The van der Waals surface area contributed by atoms with Crippen LogP contribution < -0.4 is 19.4 Å². The highest BCUT2D eigenvalue weighted by Crippen LogP contribution is 2.65. The molecule has 9 rings (SSSR count). The molecule has 0 aromatic heterocycles. The van der Waals surface area contributed by atoms with E-state index in [1.54, 1.807) is 66.7 Å². The van der Waals surface area contributed by atoms with Crippen LogP contribution in [0.25, 0.3) is 0 Å². The largest absolute Gasteiger partial charge is 0.504 e. The maximum atomic E-state index is 15.5. The molecule has 12 heteroatoms. The van der Waals surface area contributed by atoms with E-state index in [9.17, 15) is 14.7 Å². The van der Waals surface area contributed by atoms with E-state index in [0.717, 1.165) is 11.3 Å². The van der Waals surface area contributed by atoms with E-state index >= 15 is 9.59 Å². The Morgan fingerprint density at radius 1 is 0.767 bits per heavy atom. The van der Waals surface area contributed by atoms with E-state index in [1.807, 2.05) is 86.6 Å². The summed E-state index contributed by atoms with van der Waals surface area (Å²) in [6.07, 6.45) is 2.31. The zero-order valence-corrected chi connectivity index (χ0v) is 34.0. The second-order valence-corrected chi connectivity index (χ2v) is 16.3. The minimum atomic E-state index is -1.54. The number of halogens is 1. The predicted octanol–water partition coefficient (Wildman–Crippen LogP) is 9.29. The van der Waals surface area contributed by atoms with Gasteiger partial charge in [-0.1, -0.05) is 71.8 Å². The van der Waals surface area contributed by atoms with E-state index in [0.29, 0.717) is 38.9 Å². The molecule has 11 nitrogen and oxygen atoms in total. The highest BCUT2D eigenvalue weighted by molar-refractivity contribution is 6.32. The first-order chi connectivity index (χ1) is 29.0. The SMILES string of the molecule is CCOc1cccc(C2C3=CCC4C(=O)N(c5ccc(N=Nc6ccc(N(C)C)cc6)cc5)C(=O)C4C3CC3C(=O)N(c4cccc(Cl)c4)C(=O)C32c2ccccc2)c1O. The number of aromatic hydroxyl groups is 1. The molecule has 1 N–H and O–H groups in total. The van der Waals surface area contributed by atoms with Crippen LogP contribution in [0.2, 0.25) is 5.02 Å². The molecule has 60 heavy (non-hydrogen) atoms. The molecule has 4 amide bonds. The molecule has 5 aromatic carbocycles. The third-order valence-corrected chi connectivity index (χ3v) is 12.8. The third-order valence-electron chi connectivity index (χ3n) is 12.6. The number of carbonyl (C=O) groups excluding carboxylic acids is 4. The Balaban J connectivity index is 1.13. The molecule has 2 saturated heterocycles. The molecule has 2 aliphatic carbocycles. The number of nitrogens with zero attached hydrogens (tertiary/aromatic N) is 5. The van der Waals surface area contributed by atoms with Gasteiger partial charge in [0.1, 0.15) is 0 Å². The summed E-state index contributed by atoms with van der Waals surface area (Å²) in [6.45, 7) is 2.10. The number of fused-ring (bicyclic) bond motifs is 4. The maximum absolute atomic E-state index is 15.5. The third kappa shape index (κ3) is 6.09. The molecule has 0 spiro atoms. The normalized spacial score (nSPS) is 24.7. The van der Waals surface area contributed by atoms with E-state index < -0.39 is 46.8 Å². The lowest BCUT2D eigenvalue weighted by Gasteiger charge is -2.50. The molecule has 0 radical (unpaired) electrons. The number of rotatable bonds is 9. The maximum Gasteiger partial charge on any atom is 0.246 e. The monoisotopic (exact) mass is 819 g/mol. The van der Waals surface area contributed by atoms with Crippen LogP contribution in [-0.4, -0.2) is 49.4 Å². The number of allylic oxidation sites excluding steroid dienone is 2. The van der Waals surface area contributed by atoms with Crippen LogP contribution in [0.15, 0.2) is 143 Å². The Bertz CT molecular complexity index is 2590. The molecule has 6 unspecified atom stereocenters. The Morgan fingerprint density at radius 2 is 1.45 bits per heavy atom. The van der Waals surface area contributed by atoms with E-state index in [-0.39, 0.29) is 42.8 Å². The molecule has 5 aromatic rings. The second-order valence-electron chi connectivity index (χ2n) is 15.9. The second kappa shape index (κ2) is 15.2. The van der Waals surface area contributed by atoms with Crippen LogP contribution in [0, 0.1) is 23.7 Å². The first-order valence-electron chi connectivity index (χ1n) is 20.1. The lowest BCUT2D eigenvalue weighted by Crippen LogP contribution is -2.53. The van der Waals surface area contributed by atoms with Gasteiger partial charge < -0.3 is 14.7 Å². The van der Waals surface area contributed by atoms with Crippen LogP contribution >= 0.6 is 11.6 Å². The summed E-state index contributed by atoms with van der Waals surface area (Å²) >= 11 is 6.44. The minimum absolute atomic E-state index is 0.119. The van der Waals surface area contributed by atoms with E-state index in [1.165, 1.54) is 9.80 Å². The topological polar surface area (TPSA) is 132 Å². The number of benzene rings is 5. The number of hydrogen-bond donors (Lipinski definition) is 1. The number of amides is 4. The number of anilines is 3. The van der Waals surface area contributed by atoms with Gasteiger partial charge in [-0.3, -0.25) is 24.1 Å². The summed E-state index contributed by atoms with van der Waals surface area (Å²) < 4.78 is 5.86. The summed E-state index contributed by atoms with van der Waals surface area (Å²) in [5.41, 5.74) is 3.18. The lowest BCUT2D eigenvalue weighted by atomic mass is 9.49. The van der Waals surface area contributed by atoms with Crippen molar-refractivity contribution in [1.29, 1.82) is 0 Å². The van der Waals surface area contributed by atoms with Crippen molar-refractivity contribution in [3.63, 3.8) is 0 Å². The van der Waals surface area contributed by atoms with Crippen LogP contribution in [0.5, 0.6) is 11.5 Å². The van der Waals surface area contributed by atoms with Gasteiger partial charge in [-0.25, -0.2) is 4.90 Å². The van der Waals surface area contributed by atoms with Crippen LogP contribution in [-0.2, 0) is 24.6 Å². The first-order valence-corrected chi connectivity index (χ1v) is 20.4. The molecular formula is C48H42ClN5O6. The van der Waals surface area contributed by atoms with Gasteiger partial charge in [0.05, 0.1) is 52.5 Å². The van der Waals surface area contributed by atoms with Crippen molar-refractivity contribution in [2.24, 2.45) is 33.9 Å². The molecule has 0 bridgehead atoms. The summed E-state index contributed by atoms with van der Waals surface area (Å²) in [5.74, 6) is -5.55. The number of hydrogen-bond acceptors (Lipinski definition) is 9. The van der Waals surface area contributed by atoms with Crippen molar-refractivity contribution in [2.45, 2.75) is 31.1 Å². The Hall–Kier alpha value is -6.59. The smallest absolute Gasteiger partial charge is 0.246 e. The number of carbonyl (C=O) groups is 4. The molecule has 1 saturated carbocycles. The number of phenols is 1. The first kappa shape index (κ1) is 38.9. The number of phenolic OH excluding ortho intramolecular Hbond substituents is 1.